The number of Topliss-reactive ketones (excluding diaryl/α,β-unsaturated/α-hetero) is 1. The van der Waals surface area contributed by atoms with E-state index in [4.69, 9.17) is 9.47 Å². The van der Waals surface area contributed by atoms with E-state index < -0.39 is 66.3 Å². The van der Waals surface area contributed by atoms with Crippen molar-refractivity contribution < 1.29 is 81.6 Å². The summed E-state index contributed by atoms with van der Waals surface area (Å²) in [6.07, 6.45) is -1.37. The number of aliphatic carboxylic acids is 1. The predicted molar refractivity (Wildman–Crippen MR) is 118 cm³/mol. The van der Waals surface area contributed by atoms with Gasteiger partial charge in [0.15, 0.2) is 17.7 Å². The van der Waals surface area contributed by atoms with E-state index in [1.54, 1.807) is 6.92 Å². The maximum Gasteiger partial charge on any atom is 1.00 e. The molecule has 0 bridgehead atoms. The summed E-state index contributed by atoms with van der Waals surface area (Å²) in [6, 6.07) is 2.60. The van der Waals surface area contributed by atoms with Gasteiger partial charge in [-0.25, -0.2) is 13.6 Å². The van der Waals surface area contributed by atoms with Crippen molar-refractivity contribution in [2.24, 2.45) is 0 Å². The van der Waals surface area contributed by atoms with Gasteiger partial charge in [-0.2, -0.15) is 0 Å². The smallest absolute Gasteiger partial charge is 0.546 e. The molecule has 4 rings (SSSR count). The van der Waals surface area contributed by atoms with Crippen LogP contribution in [0.3, 0.4) is 0 Å². The third-order valence-corrected chi connectivity index (χ3v) is 5.97. The number of hydrogen-bond donors (Lipinski definition) is 0. The van der Waals surface area contributed by atoms with Gasteiger partial charge in [-0.1, -0.05) is 6.07 Å². The van der Waals surface area contributed by atoms with Crippen LogP contribution in [0.25, 0.3) is 0 Å². The Hall–Kier alpha value is -3.33. The van der Waals surface area contributed by atoms with Crippen LogP contribution in [-0.2, 0) is 32.0 Å². The largest absolute Gasteiger partial charge is 1.00 e. The molecule has 202 valence electrons. The number of aryl methyl sites for hydroxylation is 1. The van der Waals surface area contributed by atoms with Crippen molar-refractivity contribution in [1.82, 2.24) is 9.47 Å². The third kappa shape index (κ3) is 6.64. The summed E-state index contributed by atoms with van der Waals surface area (Å²) in [5.41, 5.74) is -1.50. The van der Waals surface area contributed by atoms with Crippen LogP contribution in [0.1, 0.15) is 39.8 Å². The topological polar surface area (TPSA) is 154 Å². The zero-order valence-electron chi connectivity index (χ0n) is 20.9. The van der Waals surface area contributed by atoms with Gasteiger partial charge >= 0.3 is 35.7 Å². The zero-order chi connectivity index (χ0) is 27.6. The van der Waals surface area contributed by atoms with Gasteiger partial charge in [-0.3, -0.25) is 14.4 Å². The SMILES string of the molecule is C[C@H]1CO[C@@H]2Cn3cc(C(=O)CCc4ccc(F)cc4F)c(=O)c(OCOC(=O)OCC(=O)[O-])c3C(=O)N12.[Na+]. The molecule has 2 atom stereocenters. The second-order valence-electron chi connectivity index (χ2n) is 8.53. The Labute approximate surface area is 241 Å². The van der Waals surface area contributed by atoms with Crippen LogP contribution in [0.5, 0.6) is 5.75 Å². The van der Waals surface area contributed by atoms with E-state index in [-0.39, 0.29) is 78.4 Å². The predicted octanol–water partition coefficient (Wildman–Crippen LogP) is -2.61. The molecule has 1 amide bonds. The molecule has 15 heteroatoms. The Bertz CT molecular complexity index is 1370. The van der Waals surface area contributed by atoms with E-state index in [1.165, 1.54) is 21.7 Å². The van der Waals surface area contributed by atoms with Crippen LogP contribution in [0.4, 0.5) is 13.6 Å². The number of halogens is 2. The quantitative estimate of drug-likeness (QED) is 0.138. The van der Waals surface area contributed by atoms with Gasteiger partial charge in [-0.05, 0) is 25.0 Å². The summed E-state index contributed by atoms with van der Waals surface area (Å²) in [4.78, 5) is 62.8. The van der Waals surface area contributed by atoms with Gasteiger partial charge < -0.3 is 38.3 Å². The first-order chi connectivity index (χ1) is 18.1. The number of ketones is 1. The van der Waals surface area contributed by atoms with Crippen molar-refractivity contribution in [2.75, 3.05) is 20.0 Å². The first-order valence-electron chi connectivity index (χ1n) is 11.4. The molecule has 0 saturated carbocycles. The third-order valence-electron chi connectivity index (χ3n) is 5.97. The second kappa shape index (κ2) is 12.7. The molecule has 1 fully saturated rings. The number of rotatable bonds is 9. The summed E-state index contributed by atoms with van der Waals surface area (Å²) in [6.45, 7) is 0.0177. The van der Waals surface area contributed by atoms with Gasteiger partial charge in [0.1, 0.15) is 18.2 Å². The number of nitrogens with zero attached hydrogens (tertiary/aromatic N) is 2. The molecule has 0 radical (unpaired) electrons. The van der Waals surface area contributed by atoms with Crippen LogP contribution in [0.2, 0.25) is 0 Å². The summed E-state index contributed by atoms with van der Waals surface area (Å²) in [5, 5.41) is 10.4. The molecule has 0 aliphatic carbocycles. The molecule has 39 heavy (non-hydrogen) atoms. The van der Waals surface area contributed by atoms with Gasteiger partial charge in [0.25, 0.3) is 5.91 Å². The normalized spacial score (nSPS) is 17.5. The summed E-state index contributed by atoms with van der Waals surface area (Å²) >= 11 is 0. The van der Waals surface area contributed by atoms with Crippen LogP contribution < -0.4 is 44.8 Å². The van der Waals surface area contributed by atoms with E-state index in [0.717, 1.165) is 6.07 Å². The van der Waals surface area contributed by atoms with Crippen LogP contribution in [0.15, 0.2) is 29.2 Å². The van der Waals surface area contributed by atoms with Crippen molar-refractivity contribution in [3.8, 4) is 5.75 Å². The maximum atomic E-state index is 14.0. The summed E-state index contributed by atoms with van der Waals surface area (Å²) < 4.78 is 48.2. The molecule has 3 heterocycles. The number of benzene rings is 1. The molecule has 2 aliphatic heterocycles. The van der Waals surface area contributed by atoms with Crippen molar-refractivity contribution in [2.45, 2.75) is 38.6 Å². The van der Waals surface area contributed by atoms with Crippen molar-refractivity contribution in [3.05, 3.63) is 63.1 Å². The zero-order valence-corrected chi connectivity index (χ0v) is 22.9. The monoisotopic (exact) mass is 558 g/mol. The minimum Gasteiger partial charge on any atom is -0.546 e. The minimum atomic E-state index is -1.68. The number of carbonyl (C=O) groups is 4. The Balaban J connectivity index is 0.00000420. The number of ether oxygens (including phenoxy) is 4. The average Bonchev–Trinajstić information content (AvgIpc) is 3.23. The average molecular weight is 558 g/mol. The number of aromatic nitrogens is 1. The first-order valence-corrected chi connectivity index (χ1v) is 11.4. The minimum absolute atomic E-state index is 0. The molecule has 0 N–H and O–H groups in total. The van der Waals surface area contributed by atoms with E-state index in [9.17, 15) is 37.9 Å². The molecule has 2 aromatic rings. The molecule has 1 saturated heterocycles. The van der Waals surface area contributed by atoms with Crippen molar-refractivity contribution in [1.29, 1.82) is 0 Å². The van der Waals surface area contributed by atoms with Gasteiger partial charge in [0.05, 0.1) is 30.7 Å². The maximum absolute atomic E-state index is 14.0. The Morgan fingerprint density at radius 3 is 2.62 bits per heavy atom. The van der Waals surface area contributed by atoms with Crippen LogP contribution in [-0.4, -0.2) is 65.6 Å². The fraction of sp³-hybridized carbons (Fsp3) is 0.375. The molecule has 2 aliphatic rings. The fourth-order valence-electron chi connectivity index (χ4n) is 4.20. The molecular formula is C24H21F2N2NaO10. The van der Waals surface area contributed by atoms with Crippen LogP contribution in [0, 0.1) is 11.6 Å². The van der Waals surface area contributed by atoms with Gasteiger partial charge in [0.2, 0.25) is 18.0 Å². The molecule has 1 aromatic carbocycles. The number of pyridine rings is 1. The Kier molecular flexibility index (Phi) is 9.83. The van der Waals surface area contributed by atoms with E-state index in [1.807, 2.05) is 0 Å². The number of carbonyl (C=O) groups excluding carboxylic acids is 4. The van der Waals surface area contributed by atoms with Crippen molar-refractivity contribution >= 4 is 23.8 Å². The standard InChI is InChI=1S/C24H22F2N2O10.Na/c1-12-9-35-18-8-27-7-15(17(29)5-3-13-2-4-14(25)6-16(13)26)21(32)22(20(27)23(33)28(12)18)37-11-38-24(34)36-10-19(30)31;/h2,4,6-7,12,18H,3,5,8-11H2,1H3,(H,30,31);/q;+1/p-1/t12-,18+;/m0./s1. The number of amides is 1. The van der Waals surface area contributed by atoms with Crippen LogP contribution >= 0.6 is 0 Å². The van der Waals surface area contributed by atoms with Gasteiger partial charge in [0, 0.05) is 18.7 Å². The number of carboxylic acid groups (broad SMARTS) is 1. The molecule has 12 nitrogen and oxygen atoms in total. The number of carboxylic acids is 1. The Morgan fingerprint density at radius 1 is 1.18 bits per heavy atom. The molecule has 0 unspecified atom stereocenters. The molecular weight excluding hydrogens is 537 g/mol. The van der Waals surface area contributed by atoms with Crippen molar-refractivity contribution in [3.63, 3.8) is 0 Å². The fourth-order valence-corrected chi connectivity index (χ4v) is 4.20. The summed E-state index contributed by atoms with van der Waals surface area (Å²) in [5.74, 6) is -5.21. The number of fused-ring (bicyclic) bond motifs is 2. The van der Waals surface area contributed by atoms with E-state index in [2.05, 4.69) is 9.47 Å². The summed E-state index contributed by atoms with van der Waals surface area (Å²) in [7, 11) is 0. The first kappa shape index (κ1) is 30.2. The second-order valence-corrected chi connectivity index (χ2v) is 8.53. The Morgan fingerprint density at radius 2 is 1.92 bits per heavy atom. The molecule has 1 aromatic heterocycles. The van der Waals surface area contributed by atoms with E-state index in [0.29, 0.717) is 6.07 Å². The number of hydrogen-bond acceptors (Lipinski definition) is 10. The van der Waals surface area contributed by atoms with E-state index >= 15 is 0 Å². The molecule has 0 spiro atoms. The van der Waals surface area contributed by atoms with Gasteiger partial charge in [-0.15, -0.1) is 0 Å².